The maximum atomic E-state index is 12.6. The lowest BCUT2D eigenvalue weighted by molar-refractivity contribution is 0.102. The topological polar surface area (TPSA) is 97.4 Å². The number of rotatable bonds is 6. The highest BCUT2D eigenvalue weighted by Crippen LogP contribution is 2.24. The van der Waals surface area contributed by atoms with Crippen molar-refractivity contribution >= 4 is 38.9 Å². The number of aromatic nitrogens is 1. The largest absolute Gasteiger partial charge is 0.481 e. The van der Waals surface area contributed by atoms with E-state index < -0.39 is 15.9 Å². The number of nitrogens with zero attached hydrogens (tertiary/aromatic N) is 1. The molecule has 1 aromatic heterocycles. The number of sulfonamides is 1. The lowest BCUT2D eigenvalue weighted by atomic mass is 10.2. The molecule has 9 heteroatoms. The third-order valence-electron chi connectivity index (χ3n) is 3.73. The highest BCUT2D eigenvalue weighted by atomic mass is 35.5. The van der Waals surface area contributed by atoms with Crippen molar-refractivity contribution in [2.24, 2.45) is 0 Å². The predicted octanol–water partition coefficient (Wildman–Crippen LogP) is 3.80. The van der Waals surface area contributed by atoms with E-state index >= 15 is 0 Å². The van der Waals surface area contributed by atoms with E-state index in [0.717, 1.165) is 0 Å². The Bertz CT molecular complexity index is 1100. The summed E-state index contributed by atoms with van der Waals surface area (Å²) in [7, 11) is -2.43. The smallest absolute Gasteiger partial charge is 0.261 e. The second-order valence-corrected chi connectivity index (χ2v) is 7.75. The SMILES string of the molecule is COc1ccc(NC(=O)c2cccc(S(=O)(=O)Nc3ccccc3Cl)c2)cn1. The van der Waals surface area contributed by atoms with Crippen LogP contribution in [-0.2, 0) is 10.0 Å². The van der Waals surface area contributed by atoms with Crippen LogP contribution in [0.3, 0.4) is 0 Å². The Morgan fingerprint density at radius 3 is 2.54 bits per heavy atom. The summed E-state index contributed by atoms with van der Waals surface area (Å²) in [5.74, 6) is -0.0569. The number of pyridine rings is 1. The number of hydrogen-bond acceptors (Lipinski definition) is 5. The number of methoxy groups -OCH3 is 1. The fraction of sp³-hybridized carbons (Fsp3) is 0.0526. The molecule has 28 heavy (non-hydrogen) atoms. The van der Waals surface area contributed by atoms with E-state index in [2.05, 4.69) is 15.0 Å². The highest BCUT2D eigenvalue weighted by Gasteiger charge is 2.18. The molecule has 1 heterocycles. The maximum Gasteiger partial charge on any atom is 0.261 e. The van der Waals surface area contributed by atoms with E-state index in [1.165, 1.54) is 37.6 Å². The van der Waals surface area contributed by atoms with Crippen molar-refractivity contribution in [3.8, 4) is 5.88 Å². The quantitative estimate of drug-likeness (QED) is 0.635. The standard InChI is InChI=1S/C19H16ClN3O4S/c1-27-18-10-9-14(12-21-18)22-19(24)13-5-4-6-15(11-13)28(25,26)23-17-8-3-2-7-16(17)20/h2-12,23H,1H3,(H,22,24). The minimum Gasteiger partial charge on any atom is -0.481 e. The van der Waals surface area contributed by atoms with E-state index in [1.807, 2.05) is 0 Å². The van der Waals surface area contributed by atoms with Gasteiger partial charge in [-0.2, -0.15) is 0 Å². The fourth-order valence-corrected chi connectivity index (χ4v) is 3.69. The van der Waals surface area contributed by atoms with Crippen molar-refractivity contribution in [1.29, 1.82) is 0 Å². The van der Waals surface area contributed by atoms with E-state index in [-0.39, 0.29) is 21.2 Å². The number of nitrogens with one attached hydrogen (secondary N) is 2. The molecular formula is C19H16ClN3O4S. The van der Waals surface area contributed by atoms with E-state index in [1.54, 1.807) is 36.4 Å². The zero-order valence-electron chi connectivity index (χ0n) is 14.7. The molecule has 7 nitrogen and oxygen atoms in total. The van der Waals surface area contributed by atoms with Crippen molar-refractivity contribution in [3.63, 3.8) is 0 Å². The zero-order valence-corrected chi connectivity index (χ0v) is 16.3. The molecule has 0 aliphatic heterocycles. The molecule has 1 amide bonds. The summed E-state index contributed by atoms with van der Waals surface area (Å²) in [6, 6.07) is 15.4. The third kappa shape index (κ3) is 4.59. The number of halogens is 1. The molecule has 0 atom stereocenters. The first-order valence-electron chi connectivity index (χ1n) is 8.08. The Kier molecular flexibility index (Phi) is 5.81. The minimum atomic E-state index is -3.92. The number of hydrogen-bond donors (Lipinski definition) is 2. The number of amides is 1. The molecule has 0 saturated heterocycles. The van der Waals surface area contributed by atoms with Gasteiger partial charge in [0, 0.05) is 11.6 Å². The molecule has 2 aromatic carbocycles. The fourth-order valence-electron chi connectivity index (χ4n) is 2.33. The first kappa shape index (κ1) is 19.7. The highest BCUT2D eigenvalue weighted by molar-refractivity contribution is 7.92. The Morgan fingerprint density at radius 1 is 1.07 bits per heavy atom. The monoisotopic (exact) mass is 417 g/mol. The van der Waals surface area contributed by atoms with Gasteiger partial charge >= 0.3 is 0 Å². The van der Waals surface area contributed by atoms with Crippen LogP contribution < -0.4 is 14.8 Å². The van der Waals surface area contributed by atoms with Crippen LogP contribution in [-0.4, -0.2) is 26.4 Å². The molecule has 144 valence electrons. The second-order valence-electron chi connectivity index (χ2n) is 5.66. The summed E-state index contributed by atoms with van der Waals surface area (Å²) in [6.07, 6.45) is 1.44. The van der Waals surface area contributed by atoms with Crippen molar-refractivity contribution in [2.45, 2.75) is 4.90 Å². The average Bonchev–Trinajstić information content (AvgIpc) is 2.70. The molecule has 0 fully saturated rings. The number of ether oxygens (including phenoxy) is 1. The van der Waals surface area contributed by atoms with Gasteiger partial charge in [0.1, 0.15) is 0 Å². The Hall–Kier alpha value is -3.10. The normalized spacial score (nSPS) is 10.9. The Morgan fingerprint density at radius 2 is 1.86 bits per heavy atom. The van der Waals surface area contributed by atoms with Gasteiger partial charge in [-0.05, 0) is 36.4 Å². The van der Waals surface area contributed by atoms with Crippen molar-refractivity contribution < 1.29 is 17.9 Å². The van der Waals surface area contributed by atoms with Gasteiger partial charge < -0.3 is 10.1 Å². The molecular weight excluding hydrogens is 402 g/mol. The molecule has 3 rings (SSSR count). The van der Waals surface area contributed by atoms with Gasteiger partial charge in [-0.1, -0.05) is 29.8 Å². The number of para-hydroxylation sites is 1. The van der Waals surface area contributed by atoms with Gasteiger partial charge in [0.25, 0.3) is 15.9 Å². The van der Waals surface area contributed by atoms with Gasteiger partial charge in [-0.25, -0.2) is 13.4 Å². The summed E-state index contributed by atoms with van der Waals surface area (Å²) in [5, 5.41) is 2.92. The minimum absolute atomic E-state index is 0.0621. The van der Waals surface area contributed by atoms with E-state index in [9.17, 15) is 13.2 Å². The van der Waals surface area contributed by atoms with Crippen LogP contribution in [0.25, 0.3) is 0 Å². The van der Waals surface area contributed by atoms with Crippen LogP contribution in [0, 0.1) is 0 Å². The van der Waals surface area contributed by atoms with Crippen LogP contribution in [0.4, 0.5) is 11.4 Å². The van der Waals surface area contributed by atoms with Crippen LogP contribution in [0.2, 0.25) is 5.02 Å². The maximum absolute atomic E-state index is 12.6. The molecule has 0 unspecified atom stereocenters. The Balaban J connectivity index is 1.80. The first-order chi connectivity index (χ1) is 13.4. The molecule has 0 radical (unpaired) electrons. The predicted molar refractivity (Wildman–Crippen MR) is 107 cm³/mol. The van der Waals surface area contributed by atoms with Gasteiger partial charge in [0.2, 0.25) is 5.88 Å². The van der Waals surface area contributed by atoms with E-state index in [4.69, 9.17) is 16.3 Å². The lowest BCUT2D eigenvalue weighted by Crippen LogP contribution is -2.16. The van der Waals surface area contributed by atoms with Crippen LogP contribution in [0.5, 0.6) is 5.88 Å². The van der Waals surface area contributed by atoms with Crippen LogP contribution >= 0.6 is 11.6 Å². The Labute approximate surface area is 167 Å². The average molecular weight is 418 g/mol. The molecule has 3 aromatic rings. The third-order valence-corrected chi connectivity index (χ3v) is 5.42. The summed E-state index contributed by atoms with van der Waals surface area (Å²) >= 11 is 6.01. The summed E-state index contributed by atoms with van der Waals surface area (Å²) in [6.45, 7) is 0. The van der Waals surface area contributed by atoms with Gasteiger partial charge in [-0.15, -0.1) is 0 Å². The summed E-state index contributed by atoms with van der Waals surface area (Å²) in [5.41, 5.74) is 0.884. The summed E-state index contributed by atoms with van der Waals surface area (Å²) < 4.78 is 32.6. The number of benzene rings is 2. The molecule has 0 aliphatic rings. The van der Waals surface area contributed by atoms with Crippen molar-refractivity contribution in [3.05, 3.63) is 77.4 Å². The lowest BCUT2D eigenvalue weighted by Gasteiger charge is -2.11. The van der Waals surface area contributed by atoms with Crippen LogP contribution in [0.15, 0.2) is 71.8 Å². The van der Waals surface area contributed by atoms with Crippen LogP contribution in [0.1, 0.15) is 10.4 Å². The second kappa shape index (κ2) is 8.28. The van der Waals surface area contributed by atoms with Gasteiger partial charge in [0.15, 0.2) is 0 Å². The van der Waals surface area contributed by atoms with Gasteiger partial charge in [-0.3, -0.25) is 9.52 Å². The number of anilines is 2. The van der Waals surface area contributed by atoms with Gasteiger partial charge in [0.05, 0.1) is 34.6 Å². The number of carbonyl (C=O) groups is 1. The van der Waals surface area contributed by atoms with E-state index in [0.29, 0.717) is 11.6 Å². The molecule has 0 aliphatic carbocycles. The molecule has 0 bridgehead atoms. The van der Waals surface area contributed by atoms with Crippen molar-refractivity contribution in [2.75, 3.05) is 17.1 Å². The first-order valence-corrected chi connectivity index (χ1v) is 9.94. The molecule has 2 N–H and O–H groups in total. The number of carbonyl (C=O) groups excluding carboxylic acids is 1. The zero-order chi connectivity index (χ0) is 20.1. The molecule has 0 spiro atoms. The molecule has 0 saturated carbocycles. The van der Waals surface area contributed by atoms with Crippen molar-refractivity contribution in [1.82, 2.24) is 4.98 Å². The summed E-state index contributed by atoms with van der Waals surface area (Å²) in [4.78, 5) is 16.4.